The molecular weight excluding hydrogens is 310 g/mol. The van der Waals surface area contributed by atoms with E-state index in [1.165, 1.54) is 6.34 Å². The van der Waals surface area contributed by atoms with Crippen molar-refractivity contribution in [3.8, 4) is 11.3 Å². The molecule has 0 spiro atoms. The van der Waals surface area contributed by atoms with E-state index in [-0.39, 0.29) is 0 Å². The zero-order valence-electron chi connectivity index (χ0n) is 14.2. The first-order valence-corrected chi connectivity index (χ1v) is 7.98. The molecule has 3 rings (SSSR count). The number of nitrogens with two attached hydrogens (primary N) is 1. The molecule has 3 aromatic rings. The maximum Gasteiger partial charge on any atom is 0.153 e. The van der Waals surface area contributed by atoms with Gasteiger partial charge in [0.2, 0.25) is 0 Å². The molecule has 0 bridgehead atoms. The first-order chi connectivity index (χ1) is 12.2. The number of nitrogens with zero attached hydrogens (tertiary/aromatic N) is 4. The van der Waals surface area contributed by atoms with Crippen molar-refractivity contribution in [2.45, 2.75) is 13.8 Å². The summed E-state index contributed by atoms with van der Waals surface area (Å²) in [5.41, 5.74) is 11.2. The molecular formula is C20H19N5. The molecule has 5 heteroatoms. The van der Waals surface area contributed by atoms with Gasteiger partial charge in [-0.05, 0) is 49.7 Å². The van der Waals surface area contributed by atoms with Crippen LogP contribution in [0.1, 0.15) is 23.7 Å². The number of rotatable bonds is 4. The van der Waals surface area contributed by atoms with E-state index in [2.05, 4.69) is 28.0 Å². The van der Waals surface area contributed by atoms with Crippen LogP contribution >= 0.6 is 0 Å². The van der Waals surface area contributed by atoms with Crippen LogP contribution in [0.3, 0.4) is 0 Å². The summed E-state index contributed by atoms with van der Waals surface area (Å²) in [6.45, 7) is 4.05. The number of allylic oxidation sites excluding steroid dienone is 1. The fourth-order valence-corrected chi connectivity index (χ4v) is 2.61. The Hall–Kier alpha value is -3.34. The highest BCUT2D eigenvalue weighted by Gasteiger charge is 2.11. The fraction of sp³-hybridized carbons (Fsp3) is 0.100. The van der Waals surface area contributed by atoms with E-state index >= 15 is 0 Å². The van der Waals surface area contributed by atoms with Gasteiger partial charge in [-0.1, -0.05) is 12.1 Å². The lowest BCUT2D eigenvalue weighted by Crippen LogP contribution is -1.98. The third kappa shape index (κ3) is 3.61. The van der Waals surface area contributed by atoms with Crippen LogP contribution in [-0.4, -0.2) is 21.3 Å². The van der Waals surface area contributed by atoms with Gasteiger partial charge in [0, 0.05) is 35.3 Å². The van der Waals surface area contributed by atoms with Crippen molar-refractivity contribution in [2.75, 3.05) is 0 Å². The highest BCUT2D eigenvalue weighted by molar-refractivity contribution is 5.80. The van der Waals surface area contributed by atoms with Gasteiger partial charge in [-0.2, -0.15) is 0 Å². The van der Waals surface area contributed by atoms with Gasteiger partial charge < -0.3 is 5.73 Å². The Balaban J connectivity index is 2.04. The molecule has 0 aliphatic carbocycles. The zero-order chi connectivity index (χ0) is 17.6. The largest absolute Gasteiger partial charge is 0.390 e. The van der Waals surface area contributed by atoms with Crippen LogP contribution < -0.4 is 5.73 Å². The molecule has 0 amide bonds. The number of pyridine rings is 3. The Kier molecular flexibility index (Phi) is 4.95. The predicted octanol–water partition coefficient (Wildman–Crippen LogP) is 3.92. The third-order valence-corrected chi connectivity index (χ3v) is 3.86. The Bertz CT molecular complexity index is 913. The molecule has 0 atom stereocenters. The zero-order valence-corrected chi connectivity index (χ0v) is 14.2. The summed E-state index contributed by atoms with van der Waals surface area (Å²) in [5, 5.41) is 0. The molecule has 0 saturated carbocycles. The molecule has 0 aliphatic heterocycles. The maximum atomic E-state index is 5.31. The third-order valence-electron chi connectivity index (χ3n) is 3.86. The van der Waals surface area contributed by atoms with Gasteiger partial charge >= 0.3 is 0 Å². The van der Waals surface area contributed by atoms with Gasteiger partial charge in [0.05, 0.1) is 17.7 Å². The van der Waals surface area contributed by atoms with E-state index in [1.807, 2.05) is 49.5 Å². The molecule has 25 heavy (non-hydrogen) atoms. The number of hydrogen-bond donors (Lipinski definition) is 1. The van der Waals surface area contributed by atoms with Crippen LogP contribution in [0.25, 0.3) is 16.8 Å². The Morgan fingerprint density at radius 2 is 2.00 bits per heavy atom. The molecule has 0 saturated heterocycles. The van der Waals surface area contributed by atoms with Crippen LogP contribution in [0, 0.1) is 6.92 Å². The molecule has 0 unspecified atom stereocenters. The minimum absolute atomic E-state index is 0.579. The maximum absolute atomic E-state index is 5.31. The normalized spacial score (nSPS) is 11.8. The predicted molar refractivity (Wildman–Crippen MR) is 102 cm³/mol. The number of hydrogen-bond acceptors (Lipinski definition) is 4. The summed E-state index contributed by atoms with van der Waals surface area (Å²) < 4.78 is 0. The molecule has 0 radical (unpaired) electrons. The van der Waals surface area contributed by atoms with Crippen molar-refractivity contribution in [3.63, 3.8) is 0 Å². The second-order valence-electron chi connectivity index (χ2n) is 5.49. The Morgan fingerprint density at radius 1 is 1.12 bits per heavy atom. The molecule has 124 valence electrons. The highest BCUT2D eigenvalue weighted by Crippen LogP contribution is 2.27. The standard InChI is InChI=1S/C20H19N5/c1-3-17(15-7-9-19(23-12-15)24-13-21)20-14(2)6-8-18(25-20)16-5-4-10-22-11-16/h3-13H,1-2H3,(H2,21,23,24)/b17-3-. The van der Waals surface area contributed by atoms with Crippen molar-refractivity contribution in [2.24, 2.45) is 10.7 Å². The monoisotopic (exact) mass is 329 g/mol. The van der Waals surface area contributed by atoms with Crippen molar-refractivity contribution >= 4 is 17.7 Å². The number of aryl methyl sites for hydroxylation is 1. The van der Waals surface area contributed by atoms with Crippen LogP contribution in [0.5, 0.6) is 0 Å². The molecule has 0 fully saturated rings. The summed E-state index contributed by atoms with van der Waals surface area (Å²) in [7, 11) is 0. The van der Waals surface area contributed by atoms with Gasteiger partial charge in [0.1, 0.15) is 0 Å². The first kappa shape index (κ1) is 16.5. The Labute approximate surface area is 147 Å². The summed E-state index contributed by atoms with van der Waals surface area (Å²) >= 11 is 0. The van der Waals surface area contributed by atoms with Crippen molar-refractivity contribution in [1.29, 1.82) is 0 Å². The molecule has 3 heterocycles. The van der Waals surface area contributed by atoms with Crippen LogP contribution in [-0.2, 0) is 0 Å². The average Bonchev–Trinajstić information content (AvgIpc) is 2.66. The van der Waals surface area contributed by atoms with E-state index in [9.17, 15) is 0 Å². The van der Waals surface area contributed by atoms with E-state index < -0.39 is 0 Å². The Morgan fingerprint density at radius 3 is 2.64 bits per heavy atom. The van der Waals surface area contributed by atoms with E-state index in [0.717, 1.165) is 33.7 Å². The van der Waals surface area contributed by atoms with Gasteiger partial charge in [-0.15, -0.1) is 0 Å². The van der Waals surface area contributed by atoms with Crippen molar-refractivity contribution in [1.82, 2.24) is 15.0 Å². The van der Waals surface area contributed by atoms with E-state index in [1.54, 1.807) is 12.4 Å². The van der Waals surface area contributed by atoms with Crippen LogP contribution in [0.4, 0.5) is 5.82 Å². The summed E-state index contributed by atoms with van der Waals surface area (Å²) in [6.07, 6.45) is 8.65. The van der Waals surface area contributed by atoms with Gasteiger partial charge in [-0.25, -0.2) is 15.0 Å². The minimum Gasteiger partial charge on any atom is -0.390 e. The lowest BCUT2D eigenvalue weighted by molar-refractivity contribution is 1.20. The summed E-state index contributed by atoms with van der Waals surface area (Å²) in [5.74, 6) is 0.579. The van der Waals surface area contributed by atoms with Crippen molar-refractivity contribution < 1.29 is 0 Å². The molecule has 0 aromatic carbocycles. The molecule has 0 aliphatic rings. The lowest BCUT2D eigenvalue weighted by atomic mass is 9.99. The molecule has 5 nitrogen and oxygen atoms in total. The highest BCUT2D eigenvalue weighted by atomic mass is 14.9. The number of aliphatic imine (C=N–C) groups is 1. The first-order valence-electron chi connectivity index (χ1n) is 7.98. The van der Waals surface area contributed by atoms with Gasteiger partial charge in [0.15, 0.2) is 5.82 Å². The second kappa shape index (κ2) is 7.49. The van der Waals surface area contributed by atoms with Gasteiger partial charge in [-0.3, -0.25) is 4.98 Å². The number of aromatic nitrogens is 3. The average molecular weight is 329 g/mol. The minimum atomic E-state index is 0.579. The van der Waals surface area contributed by atoms with Gasteiger partial charge in [0.25, 0.3) is 0 Å². The lowest BCUT2D eigenvalue weighted by Gasteiger charge is -2.12. The van der Waals surface area contributed by atoms with Crippen LogP contribution in [0.15, 0.2) is 66.1 Å². The smallest absolute Gasteiger partial charge is 0.153 e. The fourth-order valence-electron chi connectivity index (χ4n) is 2.61. The van der Waals surface area contributed by atoms with Crippen molar-refractivity contribution in [3.05, 3.63) is 77.9 Å². The SMILES string of the molecule is C/C=C(/c1ccc(N=CN)nc1)c1nc(-c2cccnc2)ccc1C. The molecule has 3 aromatic heterocycles. The summed E-state index contributed by atoms with van der Waals surface area (Å²) in [4.78, 5) is 17.3. The van der Waals surface area contributed by atoms with E-state index in [0.29, 0.717) is 5.82 Å². The second-order valence-corrected chi connectivity index (χ2v) is 5.49. The summed E-state index contributed by atoms with van der Waals surface area (Å²) in [6, 6.07) is 11.8. The molecule has 2 N–H and O–H groups in total. The van der Waals surface area contributed by atoms with Crippen LogP contribution in [0.2, 0.25) is 0 Å². The quantitative estimate of drug-likeness (QED) is 0.581. The topological polar surface area (TPSA) is 77.0 Å². The van der Waals surface area contributed by atoms with E-state index in [4.69, 9.17) is 10.7 Å².